The summed E-state index contributed by atoms with van der Waals surface area (Å²) in [6.45, 7) is 8.67. The Kier molecular flexibility index (Phi) is 5.27. The molecule has 122 valence electrons. The zero-order valence-corrected chi connectivity index (χ0v) is 14.4. The normalized spacial score (nSPS) is 28.0. The van der Waals surface area contributed by atoms with Crippen LogP contribution in [0.25, 0.3) is 0 Å². The highest BCUT2D eigenvalue weighted by Gasteiger charge is 2.39. The van der Waals surface area contributed by atoms with Crippen LogP contribution in [0.5, 0.6) is 0 Å². The quantitative estimate of drug-likeness (QED) is 0.835. The minimum Gasteiger partial charge on any atom is -0.317 e. The zero-order valence-electron chi connectivity index (χ0n) is 14.4. The van der Waals surface area contributed by atoms with E-state index in [-0.39, 0.29) is 0 Å². The van der Waals surface area contributed by atoms with Crippen LogP contribution in [0.4, 0.5) is 0 Å². The number of hydrogen-bond acceptors (Lipinski definition) is 2. The first kappa shape index (κ1) is 15.8. The van der Waals surface area contributed by atoms with Crippen molar-refractivity contribution in [2.45, 2.75) is 90.1 Å². The lowest BCUT2D eigenvalue weighted by molar-refractivity contribution is 0.0541. The van der Waals surface area contributed by atoms with Crippen LogP contribution in [0.15, 0.2) is 0 Å². The molecule has 1 aliphatic heterocycles. The van der Waals surface area contributed by atoms with Crippen molar-refractivity contribution in [3.05, 3.63) is 0 Å². The van der Waals surface area contributed by atoms with Gasteiger partial charge in [0, 0.05) is 18.6 Å². The van der Waals surface area contributed by atoms with Crippen molar-refractivity contribution < 1.29 is 0 Å². The summed E-state index contributed by atoms with van der Waals surface area (Å²) in [6, 6.07) is 1.61. The lowest BCUT2D eigenvalue weighted by atomic mass is 9.71. The Hall–Kier alpha value is -0.0800. The van der Waals surface area contributed by atoms with Gasteiger partial charge in [-0.3, -0.25) is 4.90 Å². The van der Waals surface area contributed by atoms with E-state index in [2.05, 4.69) is 24.1 Å². The van der Waals surface area contributed by atoms with E-state index < -0.39 is 0 Å². The van der Waals surface area contributed by atoms with Crippen molar-refractivity contribution >= 4 is 0 Å². The van der Waals surface area contributed by atoms with Gasteiger partial charge in [-0.15, -0.1) is 0 Å². The molecule has 0 amide bonds. The maximum atomic E-state index is 3.51. The molecule has 3 fully saturated rings. The van der Waals surface area contributed by atoms with Gasteiger partial charge in [0.25, 0.3) is 0 Å². The third-order valence-electron chi connectivity index (χ3n) is 6.74. The van der Waals surface area contributed by atoms with Crippen molar-refractivity contribution in [1.82, 2.24) is 10.2 Å². The van der Waals surface area contributed by atoms with Gasteiger partial charge < -0.3 is 5.32 Å². The second-order valence-corrected chi connectivity index (χ2v) is 8.42. The standard InChI is InChI=1S/C19H36N2/c1-16(2)21(15-17-7-13-20-14-8-17)18-5-11-19(12-6-18)9-3-4-10-19/h16-18,20H,3-15H2,1-2H3. The van der Waals surface area contributed by atoms with E-state index in [4.69, 9.17) is 0 Å². The van der Waals surface area contributed by atoms with E-state index in [0.717, 1.165) is 23.4 Å². The first-order valence-electron chi connectivity index (χ1n) is 9.65. The number of piperidine rings is 1. The molecule has 1 heterocycles. The van der Waals surface area contributed by atoms with E-state index in [1.165, 1.54) is 83.8 Å². The van der Waals surface area contributed by atoms with Gasteiger partial charge >= 0.3 is 0 Å². The van der Waals surface area contributed by atoms with Crippen LogP contribution in [-0.4, -0.2) is 36.6 Å². The minimum atomic E-state index is 0.725. The van der Waals surface area contributed by atoms with Gasteiger partial charge in [0.05, 0.1) is 0 Å². The Morgan fingerprint density at radius 1 is 0.952 bits per heavy atom. The van der Waals surface area contributed by atoms with Crippen LogP contribution in [0.3, 0.4) is 0 Å². The highest BCUT2D eigenvalue weighted by atomic mass is 15.2. The van der Waals surface area contributed by atoms with Crippen molar-refractivity contribution in [2.75, 3.05) is 19.6 Å². The highest BCUT2D eigenvalue weighted by molar-refractivity contribution is 4.93. The van der Waals surface area contributed by atoms with Crippen molar-refractivity contribution in [1.29, 1.82) is 0 Å². The van der Waals surface area contributed by atoms with Gasteiger partial charge in [0.2, 0.25) is 0 Å². The average molecular weight is 293 g/mol. The predicted octanol–water partition coefficient (Wildman–Crippen LogP) is 4.20. The molecule has 2 saturated carbocycles. The summed E-state index contributed by atoms with van der Waals surface area (Å²) in [4.78, 5) is 2.87. The fourth-order valence-corrected chi connectivity index (χ4v) is 5.32. The first-order valence-corrected chi connectivity index (χ1v) is 9.65. The number of nitrogens with one attached hydrogen (secondary N) is 1. The summed E-state index contributed by atoms with van der Waals surface area (Å²) in [6.07, 6.45) is 14.9. The van der Waals surface area contributed by atoms with Gasteiger partial charge in [-0.1, -0.05) is 12.8 Å². The second kappa shape index (κ2) is 7.00. The Morgan fingerprint density at radius 2 is 1.57 bits per heavy atom. The van der Waals surface area contributed by atoms with Crippen LogP contribution in [0, 0.1) is 11.3 Å². The topological polar surface area (TPSA) is 15.3 Å². The molecule has 0 unspecified atom stereocenters. The average Bonchev–Trinajstić information content (AvgIpc) is 2.95. The fraction of sp³-hybridized carbons (Fsp3) is 1.00. The molecule has 0 atom stereocenters. The maximum Gasteiger partial charge on any atom is 0.00984 e. The molecule has 21 heavy (non-hydrogen) atoms. The summed E-state index contributed by atoms with van der Waals surface area (Å²) in [5.74, 6) is 0.941. The lowest BCUT2D eigenvalue weighted by Gasteiger charge is -2.45. The Morgan fingerprint density at radius 3 is 2.14 bits per heavy atom. The molecule has 0 aromatic carbocycles. The molecule has 3 aliphatic rings. The van der Waals surface area contributed by atoms with Gasteiger partial charge in [0.1, 0.15) is 0 Å². The van der Waals surface area contributed by atoms with Crippen LogP contribution in [0.1, 0.15) is 78.1 Å². The lowest BCUT2D eigenvalue weighted by Crippen LogP contribution is -2.47. The Labute approximate surface area is 132 Å². The number of rotatable bonds is 4. The monoisotopic (exact) mass is 292 g/mol. The van der Waals surface area contributed by atoms with E-state index in [1.807, 2.05) is 0 Å². The molecule has 0 radical (unpaired) electrons. The van der Waals surface area contributed by atoms with Crippen molar-refractivity contribution in [2.24, 2.45) is 11.3 Å². The van der Waals surface area contributed by atoms with Gasteiger partial charge in [-0.2, -0.15) is 0 Å². The van der Waals surface area contributed by atoms with Crippen LogP contribution in [0.2, 0.25) is 0 Å². The van der Waals surface area contributed by atoms with Crippen LogP contribution in [-0.2, 0) is 0 Å². The van der Waals surface area contributed by atoms with Gasteiger partial charge in [-0.25, -0.2) is 0 Å². The molecule has 1 saturated heterocycles. The smallest absolute Gasteiger partial charge is 0.00984 e. The van der Waals surface area contributed by atoms with Gasteiger partial charge in [-0.05, 0) is 89.6 Å². The first-order chi connectivity index (χ1) is 10.2. The largest absolute Gasteiger partial charge is 0.317 e. The molecule has 0 aromatic heterocycles. The zero-order chi connectivity index (χ0) is 14.7. The molecule has 1 N–H and O–H groups in total. The molecule has 2 aliphatic carbocycles. The summed E-state index contributed by atoms with van der Waals surface area (Å²) >= 11 is 0. The minimum absolute atomic E-state index is 0.725. The fourth-order valence-electron chi connectivity index (χ4n) is 5.32. The molecule has 3 rings (SSSR count). The third kappa shape index (κ3) is 3.82. The molecular formula is C19H36N2. The van der Waals surface area contributed by atoms with Crippen LogP contribution >= 0.6 is 0 Å². The molecule has 1 spiro atoms. The summed E-state index contributed by atoms with van der Waals surface area (Å²) in [5.41, 5.74) is 0.786. The Bertz CT molecular complexity index is 304. The highest BCUT2D eigenvalue weighted by Crippen LogP contribution is 2.49. The molecule has 2 heteroatoms. The summed E-state index contributed by atoms with van der Waals surface area (Å²) in [5, 5.41) is 3.51. The van der Waals surface area contributed by atoms with E-state index >= 15 is 0 Å². The van der Waals surface area contributed by atoms with Crippen molar-refractivity contribution in [3.63, 3.8) is 0 Å². The molecule has 0 bridgehead atoms. The molecular weight excluding hydrogens is 256 g/mol. The Balaban J connectivity index is 1.54. The third-order valence-corrected chi connectivity index (χ3v) is 6.74. The summed E-state index contributed by atoms with van der Waals surface area (Å²) < 4.78 is 0. The predicted molar refractivity (Wildman–Crippen MR) is 90.6 cm³/mol. The summed E-state index contributed by atoms with van der Waals surface area (Å²) in [7, 11) is 0. The van der Waals surface area contributed by atoms with E-state index in [1.54, 1.807) is 0 Å². The van der Waals surface area contributed by atoms with Crippen molar-refractivity contribution in [3.8, 4) is 0 Å². The van der Waals surface area contributed by atoms with Gasteiger partial charge in [0.15, 0.2) is 0 Å². The molecule has 2 nitrogen and oxygen atoms in total. The number of nitrogens with zero attached hydrogens (tertiary/aromatic N) is 1. The van der Waals surface area contributed by atoms with E-state index in [9.17, 15) is 0 Å². The number of hydrogen-bond donors (Lipinski definition) is 1. The second-order valence-electron chi connectivity index (χ2n) is 8.42. The molecule has 0 aromatic rings. The van der Waals surface area contributed by atoms with E-state index in [0.29, 0.717) is 0 Å². The SMILES string of the molecule is CC(C)N(CC1CCNCC1)C1CCC2(CCCC2)CC1. The van der Waals surface area contributed by atoms with Crippen LogP contribution < -0.4 is 5.32 Å². The maximum absolute atomic E-state index is 3.51.